The first kappa shape index (κ1) is 19.8. The normalized spacial score (nSPS) is 18.7. The van der Waals surface area contributed by atoms with Crippen LogP contribution >= 0.6 is 0 Å². The number of ether oxygens (including phenoxy) is 1. The zero-order valence-corrected chi connectivity index (χ0v) is 16.3. The number of aromatic nitrogens is 1. The Morgan fingerprint density at radius 2 is 1.97 bits per heavy atom. The second-order valence-electron chi connectivity index (χ2n) is 7.28. The van der Waals surface area contributed by atoms with Gasteiger partial charge in [0.25, 0.3) is 0 Å². The number of hydrogen-bond donors (Lipinski definition) is 1. The lowest BCUT2D eigenvalue weighted by Gasteiger charge is -2.32. The third-order valence-corrected chi connectivity index (χ3v) is 7.69. The maximum Gasteiger partial charge on any atom is 0.387 e. The van der Waals surface area contributed by atoms with Crippen LogP contribution in [-0.2, 0) is 10.0 Å². The fraction of sp³-hybridized carbons (Fsp3) is 0.474. The van der Waals surface area contributed by atoms with E-state index in [0.29, 0.717) is 48.1 Å². The summed E-state index contributed by atoms with van der Waals surface area (Å²) in [5.41, 5.74) is 1.34. The van der Waals surface area contributed by atoms with Gasteiger partial charge in [-0.3, -0.25) is 4.98 Å². The highest BCUT2D eigenvalue weighted by Crippen LogP contribution is 2.34. The van der Waals surface area contributed by atoms with E-state index in [1.807, 2.05) is 0 Å². The predicted molar refractivity (Wildman–Crippen MR) is 103 cm³/mol. The number of rotatable bonds is 6. The maximum absolute atomic E-state index is 12.6. The molecule has 10 heteroatoms. The number of nitrogens with one attached hydrogen (secondary N) is 1. The lowest BCUT2D eigenvalue weighted by Crippen LogP contribution is -2.43. The second-order valence-corrected chi connectivity index (χ2v) is 9.49. The van der Waals surface area contributed by atoms with Crippen LogP contribution in [0.5, 0.6) is 5.75 Å². The summed E-state index contributed by atoms with van der Waals surface area (Å²) in [5, 5.41) is 13.1. The summed E-state index contributed by atoms with van der Waals surface area (Å²) in [6, 6.07) is 6.43. The highest BCUT2D eigenvalue weighted by atomic mass is 32.2. The minimum Gasteiger partial charge on any atom is -0.435 e. The van der Waals surface area contributed by atoms with E-state index in [4.69, 9.17) is 0 Å². The van der Waals surface area contributed by atoms with E-state index in [1.165, 1.54) is 18.3 Å². The van der Waals surface area contributed by atoms with Crippen molar-refractivity contribution in [3.05, 3.63) is 30.0 Å². The molecule has 0 radical (unpaired) electrons. The molecule has 0 atom stereocenters. The van der Waals surface area contributed by atoms with Crippen molar-refractivity contribution in [1.82, 2.24) is 9.29 Å². The van der Waals surface area contributed by atoms with Gasteiger partial charge in [0.1, 0.15) is 11.8 Å². The third kappa shape index (κ3) is 4.11. The molecule has 2 heterocycles. The summed E-state index contributed by atoms with van der Waals surface area (Å²) in [6.07, 6.45) is 4.09. The van der Waals surface area contributed by atoms with Crippen molar-refractivity contribution < 1.29 is 21.9 Å². The number of pyridine rings is 1. The molecule has 1 aliphatic heterocycles. The van der Waals surface area contributed by atoms with Crippen LogP contribution in [0.3, 0.4) is 0 Å². The molecular weight excluding hydrogens is 402 g/mol. The van der Waals surface area contributed by atoms with E-state index in [0.717, 1.165) is 12.8 Å². The van der Waals surface area contributed by atoms with Gasteiger partial charge in [0.05, 0.1) is 22.0 Å². The van der Waals surface area contributed by atoms with Gasteiger partial charge in [0, 0.05) is 30.7 Å². The van der Waals surface area contributed by atoms with Gasteiger partial charge in [-0.25, -0.2) is 12.7 Å². The van der Waals surface area contributed by atoms with Crippen LogP contribution in [0.4, 0.5) is 14.5 Å². The Morgan fingerprint density at radius 3 is 2.59 bits per heavy atom. The Bertz CT molecular complexity index is 1060. The molecule has 1 saturated carbocycles. The number of piperidine rings is 1. The molecule has 1 aliphatic carbocycles. The molecule has 154 valence electrons. The van der Waals surface area contributed by atoms with Crippen molar-refractivity contribution >= 4 is 26.6 Å². The molecule has 2 aliphatic rings. The van der Waals surface area contributed by atoms with Crippen molar-refractivity contribution in [2.24, 2.45) is 0 Å². The van der Waals surface area contributed by atoms with Gasteiger partial charge in [0.2, 0.25) is 10.0 Å². The minimum absolute atomic E-state index is 0.0159. The monoisotopic (exact) mass is 422 g/mol. The maximum atomic E-state index is 12.6. The summed E-state index contributed by atoms with van der Waals surface area (Å²) in [5.74, 6) is -0.0159. The SMILES string of the molecule is N#Cc1cnc2ccc(OC(F)F)cc2c1NC1CCN(S(=O)(=O)C2CC2)CC1. The number of nitriles is 1. The highest BCUT2D eigenvalue weighted by Gasteiger charge is 2.41. The number of hydrogen-bond acceptors (Lipinski definition) is 6. The van der Waals surface area contributed by atoms with Crippen molar-refractivity contribution in [1.29, 1.82) is 5.26 Å². The van der Waals surface area contributed by atoms with E-state index in [9.17, 15) is 22.5 Å². The minimum atomic E-state index is -3.19. The van der Waals surface area contributed by atoms with Crippen LogP contribution in [0.25, 0.3) is 10.9 Å². The fourth-order valence-electron chi connectivity index (χ4n) is 3.62. The average Bonchev–Trinajstić information content (AvgIpc) is 3.54. The summed E-state index contributed by atoms with van der Waals surface area (Å²) >= 11 is 0. The first-order chi connectivity index (χ1) is 13.9. The smallest absolute Gasteiger partial charge is 0.387 e. The van der Waals surface area contributed by atoms with Gasteiger partial charge in [-0.2, -0.15) is 14.0 Å². The molecule has 0 amide bonds. The van der Waals surface area contributed by atoms with Crippen molar-refractivity contribution in [3.63, 3.8) is 0 Å². The predicted octanol–water partition coefficient (Wildman–Crippen LogP) is 3.08. The van der Waals surface area contributed by atoms with Gasteiger partial charge in [-0.1, -0.05) is 0 Å². The Balaban J connectivity index is 1.56. The first-order valence-electron chi connectivity index (χ1n) is 9.41. The van der Waals surface area contributed by atoms with E-state index >= 15 is 0 Å². The van der Waals surface area contributed by atoms with Gasteiger partial charge in [-0.05, 0) is 43.9 Å². The Hall–Kier alpha value is -2.51. The van der Waals surface area contributed by atoms with Gasteiger partial charge in [0.15, 0.2) is 0 Å². The van der Waals surface area contributed by atoms with Crippen LogP contribution in [0.2, 0.25) is 0 Å². The second kappa shape index (κ2) is 7.72. The van der Waals surface area contributed by atoms with Gasteiger partial charge >= 0.3 is 6.61 Å². The van der Waals surface area contributed by atoms with Crippen LogP contribution in [-0.4, -0.2) is 48.7 Å². The Kier molecular flexibility index (Phi) is 5.27. The van der Waals surface area contributed by atoms with E-state index < -0.39 is 16.6 Å². The fourth-order valence-corrected chi connectivity index (χ4v) is 5.50. The van der Waals surface area contributed by atoms with Crippen LogP contribution in [0.1, 0.15) is 31.2 Å². The Morgan fingerprint density at radius 1 is 1.24 bits per heavy atom. The number of alkyl halides is 2. The number of nitrogens with zero attached hydrogens (tertiary/aromatic N) is 3. The first-order valence-corrected chi connectivity index (χ1v) is 10.9. The quantitative estimate of drug-likeness (QED) is 0.769. The highest BCUT2D eigenvalue weighted by molar-refractivity contribution is 7.90. The standard InChI is InChI=1S/C19H20F2N4O3S/c20-19(21)28-14-1-4-17-16(9-14)18(12(10-22)11-23-17)24-13-5-7-25(8-6-13)29(26,27)15-2-3-15/h1,4,9,11,13,15,19H,2-3,5-8H2,(H,23,24). The third-order valence-electron chi connectivity index (χ3n) is 5.29. The molecule has 2 aromatic rings. The van der Waals surface area contributed by atoms with E-state index in [1.54, 1.807) is 10.4 Å². The molecule has 0 unspecified atom stereocenters. The molecule has 1 aromatic carbocycles. The van der Waals surface area contributed by atoms with Crippen molar-refractivity contribution in [3.8, 4) is 11.8 Å². The summed E-state index contributed by atoms with van der Waals surface area (Å²) in [7, 11) is -3.19. The molecule has 1 N–H and O–H groups in total. The number of halogens is 2. The number of sulfonamides is 1. The van der Waals surface area contributed by atoms with Crippen molar-refractivity contribution in [2.75, 3.05) is 18.4 Å². The van der Waals surface area contributed by atoms with E-state index in [-0.39, 0.29) is 17.0 Å². The topological polar surface area (TPSA) is 95.3 Å². The molecule has 1 saturated heterocycles. The van der Waals surface area contributed by atoms with Gasteiger partial charge in [-0.15, -0.1) is 0 Å². The molecule has 7 nitrogen and oxygen atoms in total. The molecule has 1 aromatic heterocycles. The largest absolute Gasteiger partial charge is 0.435 e. The van der Waals surface area contributed by atoms with Crippen LogP contribution < -0.4 is 10.1 Å². The molecular formula is C19H20F2N4O3S. The molecule has 29 heavy (non-hydrogen) atoms. The van der Waals surface area contributed by atoms with E-state index in [2.05, 4.69) is 21.1 Å². The number of anilines is 1. The van der Waals surface area contributed by atoms with Crippen LogP contribution in [0, 0.1) is 11.3 Å². The zero-order valence-electron chi connectivity index (χ0n) is 15.5. The summed E-state index contributed by atoms with van der Waals surface area (Å²) < 4.78 is 56.0. The van der Waals surface area contributed by atoms with Crippen molar-refractivity contribution in [2.45, 2.75) is 43.6 Å². The zero-order chi connectivity index (χ0) is 20.6. The Labute approximate surface area is 167 Å². The summed E-state index contributed by atoms with van der Waals surface area (Å²) in [4.78, 5) is 4.20. The van der Waals surface area contributed by atoms with Crippen LogP contribution in [0.15, 0.2) is 24.4 Å². The number of benzene rings is 1. The molecule has 4 rings (SSSR count). The lowest BCUT2D eigenvalue weighted by atomic mass is 10.0. The molecule has 0 bridgehead atoms. The molecule has 0 spiro atoms. The van der Waals surface area contributed by atoms with Gasteiger partial charge < -0.3 is 10.1 Å². The number of fused-ring (bicyclic) bond motifs is 1. The summed E-state index contributed by atoms with van der Waals surface area (Å²) in [6.45, 7) is -2.11. The lowest BCUT2D eigenvalue weighted by molar-refractivity contribution is -0.0497. The average molecular weight is 422 g/mol. The molecule has 2 fully saturated rings.